The van der Waals surface area contributed by atoms with Crippen molar-refractivity contribution in [2.24, 2.45) is 5.73 Å². The predicted molar refractivity (Wildman–Crippen MR) is 83.1 cm³/mol. The lowest BCUT2D eigenvalue weighted by atomic mass is 9.98. The Balaban J connectivity index is 2.61. The van der Waals surface area contributed by atoms with Crippen LogP contribution in [0.5, 0.6) is 5.75 Å². The summed E-state index contributed by atoms with van der Waals surface area (Å²) in [6.07, 6.45) is 1.97. The average molecular weight is 356 g/mol. The van der Waals surface area contributed by atoms with Gasteiger partial charge in [-0.2, -0.15) is 5.26 Å². The van der Waals surface area contributed by atoms with Crippen LogP contribution in [0.3, 0.4) is 0 Å². The first-order chi connectivity index (χ1) is 9.76. The van der Waals surface area contributed by atoms with E-state index >= 15 is 0 Å². The number of nitrogens with two attached hydrogens (primary N) is 1. The Morgan fingerprint density at radius 1 is 1.52 bits per heavy atom. The number of hydrogen-bond donors (Lipinski definition) is 1. The van der Waals surface area contributed by atoms with Crippen molar-refractivity contribution in [2.75, 3.05) is 6.61 Å². The average Bonchev–Trinajstić information content (AvgIpc) is 2.39. The zero-order valence-electron chi connectivity index (χ0n) is 12.1. The molecule has 21 heavy (non-hydrogen) atoms. The van der Waals surface area contributed by atoms with Gasteiger partial charge in [0.2, 0.25) is 0 Å². The van der Waals surface area contributed by atoms with Crippen LogP contribution in [0.15, 0.2) is 16.6 Å². The maximum absolute atomic E-state index is 11.0. The van der Waals surface area contributed by atoms with E-state index in [1.807, 2.05) is 6.07 Å². The van der Waals surface area contributed by atoms with Gasteiger partial charge < -0.3 is 10.5 Å². The van der Waals surface area contributed by atoms with Gasteiger partial charge in [0.05, 0.1) is 17.6 Å². The molecule has 6 nitrogen and oxygen atoms in total. The van der Waals surface area contributed by atoms with Crippen LogP contribution in [0.2, 0.25) is 0 Å². The van der Waals surface area contributed by atoms with E-state index in [0.29, 0.717) is 35.2 Å². The summed E-state index contributed by atoms with van der Waals surface area (Å²) in [6, 6.07) is 5.23. The molecule has 0 bridgehead atoms. The first kappa shape index (κ1) is 17.4. The molecule has 0 heterocycles. The maximum atomic E-state index is 11.0. The number of nitriles is 1. The highest BCUT2D eigenvalue weighted by Crippen LogP contribution is 2.34. The van der Waals surface area contributed by atoms with E-state index in [4.69, 9.17) is 15.7 Å². The molecule has 2 N–H and O–H groups in total. The molecule has 0 saturated carbocycles. The zero-order chi connectivity index (χ0) is 16.0. The quantitative estimate of drug-likeness (QED) is 0.458. The lowest BCUT2D eigenvalue weighted by Crippen LogP contribution is -2.33. The summed E-state index contributed by atoms with van der Waals surface area (Å²) in [5, 5.41) is 19.8. The van der Waals surface area contributed by atoms with Gasteiger partial charge in [-0.3, -0.25) is 10.1 Å². The fourth-order valence-electron chi connectivity index (χ4n) is 1.86. The Labute approximate surface area is 132 Å². The number of benzene rings is 1. The number of hydrogen-bond acceptors (Lipinski definition) is 5. The van der Waals surface area contributed by atoms with Gasteiger partial charge in [-0.25, -0.2) is 0 Å². The number of nitro benzene ring substituents is 1. The Kier molecular flexibility index (Phi) is 6.12. The molecule has 0 fully saturated rings. The van der Waals surface area contributed by atoms with Crippen LogP contribution < -0.4 is 10.5 Å². The largest absolute Gasteiger partial charge is 0.487 e. The smallest absolute Gasteiger partial charge is 0.312 e. The second-order valence-electron chi connectivity index (χ2n) is 5.16. The summed E-state index contributed by atoms with van der Waals surface area (Å²) in [6.45, 7) is 3.79. The summed E-state index contributed by atoms with van der Waals surface area (Å²) >= 11 is 3.23. The number of unbranched alkanes of at least 4 members (excludes halogenated alkanes) is 1. The minimum atomic E-state index is -0.834. The summed E-state index contributed by atoms with van der Waals surface area (Å²) in [4.78, 5) is 10.6. The van der Waals surface area contributed by atoms with Gasteiger partial charge in [0, 0.05) is 10.5 Å². The van der Waals surface area contributed by atoms with Crippen LogP contribution in [0.4, 0.5) is 5.69 Å². The van der Waals surface area contributed by atoms with Crippen molar-refractivity contribution in [1.29, 1.82) is 5.26 Å². The van der Waals surface area contributed by atoms with E-state index < -0.39 is 10.5 Å². The Bertz CT molecular complexity index is 567. The van der Waals surface area contributed by atoms with Gasteiger partial charge in [-0.05, 0) is 44.7 Å². The van der Waals surface area contributed by atoms with Crippen molar-refractivity contribution in [3.63, 3.8) is 0 Å². The van der Waals surface area contributed by atoms with Crippen molar-refractivity contribution in [3.05, 3.63) is 32.3 Å². The van der Waals surface area contributed by atoms with Crippen LogP contribution in [0.25, 0.3) is 0 Å². The van der Waals surface area contributed by atoms with E-state index in [2.05, 4.69) is 15.9 Å². The van der Waals surface area contributed by atoms with E-state index in [0.717, 1.165) is 6.42 Å². The number of nitro groups is 1. The van der Waals surface area contributed by atoms with Crippen molar-refractivity contribution >= 4 is 21.6 Å². The van der Waals surface area contributed by atoms with Crippen LogP contribution in [0.1, 0.15) is 31.7 Å². The third-order valence-electron chi connectivity index (χ3n) is 3.01. The van der Waals surface area contributed by atoms with Crippen molar-refractivity contribution in [1.82, 2.24) is 0 Å². The molecule has 0 aromatic heterocycles. The molecule has 0 aliphatic heterocycles. The minimum Gasteiger partial charge on any atom is -0.487 e. The highest BCUT2D eigenvalue weighted by molar-refractivity contribution is 9.10. The number of aryl methyl sites for hydroxylation is 1. The van der Waals surface area contributed by atoms with Crippen molar-refractivity contribution in [2.45, 2.75) is 38.6 Å². The topological polar surface area (TPSA) is 102 Å². The monoisotopic (exact) mass is 355 g/mol. The molecule has 1 aromatic carbocycles. The molecule has 1 aromatic rings. The second kappa shape index (κ2) is 7.38. The van der Waals surface area contributed by atoms with E-state index in [-0.39, 0.29) is 5.69 Å². The van der Waals surface area contributed by atoms with E-state index in [9.17, 15) is 10.1 Å². The molecule has 0 radical (unpaired) electrons. The molecule has 0 spiro atoms. The number of ether oxygens (including phenoxy) is 1. The van der Waals surface area contributed by atoms with Crippen LogP contribution in [-0.2, 0) is 0 Å². The molecule has 1 unspecified atom stereocenters. The van der Waals surface area contributed by atoms with Crippen molar-refractivity contribution < 1.29 is 9.66 Å². The molecular formula is C14H18BrN3O3. The lowest BCUT2D eigenvalue weighted by molar-refractivity contribution is -0.386. The third-order valence-corrected chi connectivity index (χ3v) is 3.47. The van der Waals surface area contributed by atoms with Crippen molar-refractivity contribution in [3.8, 4) is 11.8 Å². The van der Waals surface area contributed by atoms with Crippen LogP contribution in [0, 0.1) is 28.4 Å². The second-order valence-corrected chi connectivity index (χ2v) is 6.08. The molecule has 1 atom stereocenters. The first-order valence-corrected chi connectivity index (χ1v) is 7.33. The SMILES string of the molecule is Cc1cc(Br)cc([N+](=O)[O-])c1OCCCCC(C)(N)C#N. The van der Waals surface area contributed by atoms with Crippen LogP contribution >= 0.6 is 15.9 Å². The van der Waals surface area contributed by atoms with E-state index in [1.54, 1.807) is 19.9 Å². The number of nitrogens with zero attached hydrogens (tertiary/aromatic N) is 2. The minimum absolute atomic E-state index is 0.0532. The molecule has 114 valence electrons. The molecule has 7 heteroatoms. The fourth-order valence-corrected chi connectivity index (χ4v) is 2.42. The molecule has 1 rings (SSSR count). The fraction of sp³-hybridized carbons (Fsp3) is 0.500. The molecular weight excluding hydrogens is 338 g/mol. The Morgan fingerprint density at radius 3 is 2.76 bits per heavy atom. The normalized spacial score (nSPS) is 13.3. The summed E-state index contributed by atoms with van der Waals surface area (Å²) in [5.74, 6) is 0.291. The van der Waals surface area contributed by atoms with E-state index in [1.165, 1.54) is 6.07 Å². The van der Waals surface area contributed by atoms with Gasteiger partial charge in [-0.1, -0.05) is 15.9 Å². The van der Waals surface area contributed by atoms with Gasteiger partial charge >= 0.3 is 5.69 Å². The summed E-state index contributed by atoms with van der Waals surface area (Å²) < 4.78 is 6.19. The third kappa shape index (κ3) is 5.33. The Hall–Kier alpha value is -1.65. The lowest BCUT2D eigenvalue weighted by Gasteiger charge is -2.15. The van der Waals surface area contributed by atoms with Gasteiger partial charge in [0.15, 0.2) is 5.75 Å². The first-order valence-electron chi connectivity index (χ1n) is 6.54. The van der Waals surface area contributed by atoms with Gasteiger partial charge in [0.25, 0.3) is 0 Å². The number of halogens is 1. The number of rotatable bonds is 7. The highest BCUT2D eigenvalue weighted by Gasteiger charge is 2.19. The predicted octanol–water partition coefficient (Wildman–Crippen LogP) is 3.46. The molecule has 0 aliphatic rings. The standard InChI is InChI=1S/C14H18BrN3O3/c1-10-7-11(15)8-12(18(19)20)13(10)21-6-4-3-5-14(2,17)9-16/h7-8H,3-6,17H2,1-2H3. The highest BCUT2D eigenvalue weighted by atomic mass is 79.9. The van der Waals surface area contributed by atoms with Crippen LogP contribution in [-0.4, -0.2) is 17.1 Å². The Morgan fingerprint density at radius 2 is 2.19 bits per heavy atom. The molecule has 0 saturated heterocycles. The zero-order valence-corrected chi connectivity index (χ0v) is 13.6. The summed E-state index contributed by atoms with van der Waals surface area (Å²) in [5.41, 5.74) is 5.54. The van der Waals surface area contributed by atoms with Gasteiger partial charge in [-0.15, -0.1) is 0 Å². The van der Waals surface area contributed by atoms with Gasteiger partial charge in [0.1, 0.15) is 5.54 Å². The summed E-state index contributed by atoms with van der Waals surface area (Å²) in [7, 11) is 0. The molecule has 0 aliphatic carbocycles. The molecule has 0 amide bonds. The maximum Gasteiger partial charge on any atom is 0.312 e.